The van der Waals surface area contributed by atoms with Gasteiger partial charge in [-0.05, 0) is 24.0 Å². The van der Waals surface area contributed by atoms with Gasteiger partial charge in [-0.1, -0.05) is 25.8 Å². The summed E-state index contributed by atoms with van der Waals surface area (Å²) in [5.74, 6) is 6.37. The van der Waals surface area contributed by atoms with E-state index in [1.165, 1.54) is 0 Å². The van der Waals surface area contributed by atoms with E-state index in [2.05, 4.69) is 22.1 Å². The lowest BCUT2D eigenvalue weighted by atomic mass is 10.1. The van der Waals surface area contributed by atoms with Crippen molar-refractivity contribution in [2.24, 2.45) is 11.7 Å². The van der Waals surface area contributed by atoms with Crippen LogP contribution in [0.4, 0.5) is 5.82 Å². The van der Waals surface area contributed by atoms with Crippen LogP contribution >= 0.6 is 0 Å². The quantitative estimate of drug-likeness (QED) is 0.772. The summed E-state index contributed by atoms with van der Waals surface area (Å²) in [4.78, 5) is 15.7. The maximum absolute atomic E-state index is 11.5. The number of hydrogen-bond donors (Lipinski definition) is 2. The summed E-state index contributed by atoms with van der Waals surface area (Å²) in [6, 6.07) is 5.32. The fourth-order valence-corrected chi connectivity index (χ4v) is 1.28. The summed E-state index contributed by atoms with van der Waals surface area (Å²) in [6.45, 7) is 4.29. The van der Waals surface area contributed by atoms with Gasteiger partial charge in [0.1, 0.15) is 11.5 Å². The van der Waals surface area contributed by atoms with Crippen LogP contribution < -0.4 is 11.1 Å². The summed E-state index contributed by atoms with van der Waals surface area (Å²) in [6.07, 6.45) is 0.486. The highest BCUT2D eigenvalue weighted by molar-refractivity contribution is 5.89. The molecule has 1 amide bonds. The second kappa shape index (κ2) is 6.66. The lowest BCUT2D eigenvalue weighted by molar-refractivity contribution is -0.116. The zero-order valence-electron chi connectivity index (χ0n) is 10.2. The monoisotopic (exact) mass is 231 g/mol. The number of pyridine rings is 1. The van der Waals surface area contributed by atoms with E-state index in [0.717, 1.165) is 0 Å². The molecule has 0 aliphatic heterocycles. The van der Waals surface area contributed by atoms with Crippen molar-refractivity contribution in [1.82, 2.24) is 4.98 Å². The van der Waals surface area contributed by atoms with Gasteiger partial charge in [0, 0.05) is 6.42 Å². The Balaban J connectivity index is 2.68. The Kier molecular flexibility index (Phi) is 5.18. The molecule has 0 atom stereocenters. The molecule has 0 fully saturated rings. The number of nitrogens with two attached hydrogens (primary N) is 1. The number of nitrogens with zero attached hydrogens (tertiary/aromatic N) is 1. The molecule has 1 rings (SSSR count). The van der Waals surface area contributed by atoms with Crippen LogP contribution in [0.15, 0.2) is 18.2 Å². The average molecular weight is 231 g/mol. The first-order chi connectivity index (χ1) is 8.11. The highest BCUT2D eigenvalue weighted by Crippen LogP contribution is 2.06. The zero-order chi connectivity index (χ0) is 12.7. The van der Waals surface area contributed by atoms with Crippen LogP contribution in [-0.4, -0.2) is 17.4 Å². The molecule has 0 saturated carbocycles. The van der Waals surface area contributed by atoms with Crippen LogP contribution in [-0.2, 0) is 4.79 Å². The summed E-state index contributed by atoms with van der Waals surface area (Å²) >= 11 is 0. The van der Waals surface area contributed by atoms with Crippen LogP contribution in [0.3, 0.4) is 0 Å². The van der Waals surface area contributed by atoms with E-state index < -0.39 is 0 Å². The largest absolute Gasteiger partial charge is 0.320 e. The topological polar surface area (TPSA) is 68.0 Å². The van der Waals surface area contributed by atoms with Gasteiger partial charge in [0.05, 0.1) is 6.54 Å². The molecule has 0 bridgehead atoms. The molecule has 0 aromatic carbocycles. The Hall–Kier alpha value is -1.86. The number of rotatable bonds is 3. The first-order valence-corrected chi connectivity index (χ1v) is 5.57. The Morgan fingerprint density at radius 1 is 1.53 bits per heavy atom. The molecule has 17 heavy (non-hydrogen) atoms. The van der Waals surface area contributed by atoms with E-state index in [1.54, 1.807) is 18.2 Å². The van der Waals surface area contributed by atoms with Gasteiger partial charge in [-0.3, -0.25) is 4.79 Å². The van der Waals surface area contributed by atoms with Gasteiger partial charge in [-0.15, -0.1) is 0 Å². The second-order valence-electron chi connectivity index (χ2n) is 4.06. The minimum absolute atomic E-state index is 0.0311. The van der Waals surface area contributed by atoms with Crippen molar-refractivity contribution in [2.45, 2.75) is 20.3 Å². The molecule has 4 nitrogen and oxygen atoms in total. The first kappa shape index (κ1) is 13.2. The van der Waals surface area contributed by atoms with Crippen molar-refractivity contribution < 1.29 is 4.79 Å². The van der Waals surface area contributed by atoms with Crippen molar-refractivity contribution >= 4 is 11.7 Å². The number of nitrogens with one attached hydrogen (secondary N) is 1. The molecular weight excluding hydrogens is 214 g/mol. The number of amides is 1. The third-order valence-electron chi connectivity index (χ3n) is 1.93. The molecule has 0 aliphatic carbocycles. The van der Waals surface area contributed by atoms with Crippen LogP contribution in [0.5, 0.6) is 0 Å². The van der Waals surface area contributed by atoms with E-state index in [4.69, 9.17) is 5.73 Å². The fraction of sp³-hybridized carbons (Fsp3) is 0.385. The molecule has 1 heterocycles. The maximum Gasteiger partial charge on any atom is 0.225 e. The molecular formula is C13H17N3O. The minimum Gasteiger partial charge on any atom is -0.320 e. The lowest BCUT2D eigenvalue weighted by Gasteiger charge is -2.06. The Morgan fingerprint density at radius 2 is 2.29 bits per heavy atom. The van der Waals surface area contributed by atoms with E-state index in [-0.39, 0.29) is 5.91 Å². The van der Waals surface area contributed by atoms with Crippen molar-refractivity contribution in [2.75, 3.05) is 11.9 Å². The highest BCUT2D eigenvalue weighted by atomic mass is 16.1. The summed E-state index contributed by atoms with van der Waals surface area (Å²) < 4.78 is 0. The van der Waals surface area contributed by atoms with Crippen LogP contribution in [0.1, 0.15) is 26.0 Å². The van der Waals surface area contributed by atoms with Crippen molar-refractivity contribution in [3.8, 4) is 11.8 Å². The molecule has 0 aliphatic rings. The van der Waals surface area contributed by atoms with Gasteiger partial charge < -0.3 is 11.1 Å². The third-order valence-corrected chi connectivity index (χ3v) is 1.93. The Labute approximate surface area is 102 Å². The molecule has 0 saturated heterocycles. The predicted octanol–water partition coefficient (Wildman–Crippen LogP) is 1.38. The number of carbonyl (C=O) groups is 1. The number of anilines is 1. The molecule has 0 unspecified atom stereocenters. The molecule has 0 spiro atoms. The van der Waals surface area contributed by atoms with Crippen LogP contribution in [0, 0.1) is 17.8 Å². The molecule has 1 aromatic heterocycles. The van der Waals surface area contributed by atoms with Crippen LogP contribution in [0.2, 0.25) is 0 Å². The SMILES string of the molecule is CC(C)CC(=O)Nc1cccc(C#CCN)n1. The maximum atomic E-state index is 11.5. The Bertz CT molecular complexity index is 443. The van der Waals surface area contributed by atoms with Gasteiger partial charge in [0.15, 0.2) is 0 Å². The summed E-state index contributed by atoms with van der Waals surface area (Å²) in [5, 5.41) is 2.74. The van der Waals surface area contributed by atoms with Gasteiger partial charge in [0.25, 0.3) is 0 Å². The zero-order valence-corrected chi connectivity index (χ0v) is 10.2. The molecule has 90 valence electrons. The smallest absolute Gasteiger partial charge is 0.225 e. The molecule has 4 heteroatoms. The van der Waals surface area contributed by atoms with Gasteiger partial charge in [0.2, 0.25) is 5.91 Å². The molecule has 1 aromatic rings. The third kappa shape index (κ3) is 5.14. The second-order valence-corrected chi connectivity index (χ2v) is 4.06. The van der Waals surface area contributed by atoms with E-state index in [1.807, 2.05) is 13.8 Å². The van der Waals surface area contributed by atoms with Gasteiger partial charge >= 0.3 is 0 Å². The minimum atomic E-state index is -0.0311. The Morgan fingerprint density at radius 3 is 2.94 bits per heavy atom. The highest BCUT2D eigenvalue weighted by Gasteiger charge is 2.05. The van der Waals surface area contributed by atoms with Crippen molar-refractivity contribution in [3.05, 3.63) is 23.9 Å². The molecule has 0 radical (unpaired) electrons. The number of carbonyl (C=O) groups excluding carboxylic acids is 1. The van der Waals surface area contributed by atoms with Gasteiger partial charge in [-0.25, -0.2) is 4.98 Å². The number of hydrogen-bond acceptors (Lipinski definition) is 3. The van der Waals surface area contributed by atoms with Crippen molar-refractivity contribution in [1.29, 1.82) is 0 Å². The predicted molar refractivity (Wildman–Crippen MR) is 68.3 cm³/mol. The molecule has 3 N–H and O–H groups in total. The fourth-order valence-electron chi connectivity index (χ4n) is 1.28. The summed E-state index contributed by atoms with van der Waals surface area (Å²) in [7, 11) is 0. The van der Waals surface area contributed by atoms with E-state index >= 15 is 0 Å². The lowest BCUT2D eigenvalue weighted by Crippen LogP contribution is -2.14. The average Bonchev–Trinajstić information content (AvgIpc) is 2.25. The van der Waals surface area contributed by atoms with Crippen molar-refractivity contribution in [3.63, 3.8) is 0 Å². The first-order valence-electron chi connectivity index (χ1n) is 5.57. The standard InChI is InChI=1S/C13H17N3O/c1-10(2)9-13(17)16-12-7-3-5-11(15-12)6-4-8-14/h3,5,7,10H,8-9,14H2,1-2H3,(H,15,16,17). The number of aromatic nitrogens is 1. The van der Waals surface area contributed by atoms with E-state index in [0.29, 0.717) is 30.4 Å². The van der Waals surface area contributed by atoms with Crippen LogP contribution in [0.25, 0.3) is 0 Å². The normalized spacial score (nSPS) is 9.65. The van der Waals surface area contributed by atoms with E-state index in [9.17, 15) is 4.79 Å². The van der Waals surface area contributed by atoms with Gasteiger partial charge in [-0.2, -0.15) is 0 Å². The summed E-state index contributed by atoms with van der Waals surface area (Å²) in [5.41, 5.74) is 5.89.